The van der Waals surface area contributed by atoms with Gasteiger partial charge in [-0.2, -0.15) is 0 Å². The van der Waals surface area contributed by atoms with Gasteiger partial charge in [-0.3, -0.25) is 4.79 Å². The molecule has 1 rings (SSSR count). The summed E-state index contributed by atoms with van der Waals surface area (Å²) in [5.74, 6) is -0.965. The number of carbonyl (C=O) groups is 1. The quantitative estimate of drug-likeness (QED) is 0.804. The monoisotopic (exact) mass is 321 g/mol. The first kappa shape index (κ1) is 14.6. The summed E-state index contributed by atoms with van der Waals surface area (Å²) >= 11 is 5.10. The van der Waals surface area contributed by atoms with Crippen molar-refractivity contribution in [3.8, 4) is 0 Å². The Morgan fingerprint density at radius 1 is 1.59 bits per heavy atom. The first-order chi connectivity index (χ1) is 7.97. The molecule has 0 saturated heterocycles. The van der Waals surface area contributed by atoms with E-state index in [1.54, 1.807) is 11.3 Å². The second kappa shape index (κ2) is 7.10. The summed E-state index contributed by atoms with van der Waals surface area (Å²) in [6, 6.07) is 4.08. The van der Waals surface area contributed by atoms with E-state index in [1.807, 2.05) is 18.0 Å². The van der Waals surface area contributed by atoms with Gasteiger partial charge in [-0.05, 0) is 41.5 Å². The predicted molar refractivity (Wildman–Crippen MR) is 71.5 cm³/mol. The summed E-state index contributed by atoms with van der Waals surface area (Å²) in [6.07, 6.45) is -0.0888. The van der Waals surface area contributed by atoms with Crippen LogP contribution in [0.4, 0.5) is 0 Å². The van der Waals surface area contributed by atoms with Crippen LogP contribution in [0.3, 0.4) is 0 Å². The zero-order chi connectivity index (χ0) is 12.8. The van der Waals surface area contributed by atoms with E-state index >= 15 is 0 Å². The third-order valence-electron chi connectivity index (χ3n) is 2.30. The fraction of sp³-hybridized carbons (Fsp3) is 0.545. The number of carboxylic acids is 1. The van der Waals surface area contributed by atoms with Crippen LogP contribution in [-0.4, -0.2) is 47.3 Å². The van der Waals surface area contributed by atoms with Gasteiger partial charge >= 0.3 is 5.97 Å². The predicted octanol–water partition coefficient (Wildman–Crippen LogP) is 1.82. The van der Waals surface area contributed by atoms with Crippen LogP contribution in [0.5, 0.6) is 0 Å². The summed E-state index contributed by atoms with van der Waals surface area (Å²) < 4.78 is 1.11. The molecule has 4 nitrogen and oxygen atoms in total. The van der Waals surface area contributed by atoms with E-state index in [1.165, 1.54) is 4.88 Å². The fourth-order valence-corrected chi connectivity index (χ4v) is 2.98. The molecule has 2 N–H and O–H groups in total. The molecule has 0 radical (unpaired) electrons. The number of aliphatic hydroxyl groups excluding tert-OH is 1. The molecule has 0 aliphatic carbocycles. The number of aliphatic carboxylic acids is 1. The van der Waals surface area contributed by atoms with Crippen LogP contribution < -0.4 is 0 Å². The number of hydrogen-bond acceptors (Lipinski definition) is 4. The Morgan fingerprint density at radius 2 is 2.29 bits per heavy atom. The molecule has 6 heteroatoms. The van der Waals surface area contributed by atoms with Gasteiger partial charge in [0, 0.05) is 18.0 Å². The van der Waals surface area contributed by atoms with Gasteiger partial charge in [0.2, 0.25) is 0 Å². The van der Waals surface area contributed by atoms with Crippen molar-refractivity contribution >= 4 is 33.2 Å². The second-order valence-corrected chi connectivity index (χ2v) is 6.52. The Morgan fingerprint density at radius 3 is 2.82 bits per heavy atom. The van der Waals surface area contributed by atoms with Crippen LogP contribution >= 0.6 is 27.3 Å². The molecule has 17 heavy (non-hydrogen) atoms. The molecule has 1 atom stereocenters. The van der Waals surface area contributed by atoms with Gasteiger partial charge in [0.1, 0.15) is 0 Å². The third-order valence-corrected chi connectivity index (χ3v) is 3.98. The van der Waals surface area contributed by atoms with Gasteiger partial charge in [-0.1, -0.05) is 0 Å². The fourth-order valence-electron chi connectivity index (χ4n) is 1.50. The number of hydrogen-bond donors (Lipinski definition) is 2. The lowest BCUT2D eigenvalue weighted by atomic mass is 10.2. The van der Waals surface area contributed by atoms with Crippen molar-refractivity contribution in [2.45, 2.75) is 18.9 Å². The molecular formula is C11H16BrNO3S. The van der Waals surface area contributed by atoms with Gasteiger partial charge in [-0.15, -0.1) is 11.3 Å². The summed E-state index contributed by atoms with van der Waals surface area (Å²) in [7, 11) is 1.88. The molecule has 0 spiro atoms. The summed E-state index contributed by atoms with van der Waals surface area (Å²) in [5.41, 5.74) is 0. The van der Waals surface area contributed by atoms with Crippen molar-refractivity contribution in [2.24, 2.45) is 0 Å². The summed E-state index contributed by atoms with van der Waals surface area (Å²) in [4.78, 5) is 13.6. The van der Waals surface area contributed by atoms with Crippen LogP contribution in [0.15, 0.2) is 15.9 Å². The number of thiophene rings is 1. The minimum atomic E-state index is -0.965. The maximum Gasteiger partial charge on any atom is 0.306 e. The van der Waals surface area contributed by atoms with Crippen molar-refractivity contribution in [1.82, 2.24) is 4.90 Å². The van der Waals surface area contributed by atoms with E-state index < -0.39 is 12.1 Å². The molecule has 0 amide bonds. The molecule has 1 aromatic heterocycles. The first-order valence-corrected chi connectivity index (χ1v) is 6.91. The molecule has 0 aliphatic rings. The van der Waals surface area contributed by atoms with E-state index in [2.05, 4.69) is 22.0 Å². The highest BCUT2D eigenvalue weighted by Gasteiger charge is 2.12. The average molecular weight is 322 g/mol. The standard InChI is InChI=1S/C11H16BrNO3S/c1-13(7-8(14)6-11(15)16)5-4-9-2-3-10(12)17-9/h2-3,8,14H,4-7H2,1H3,(H,15,16). The highest BCUT2D eigenvalue weighted by atomic mass is 79.9. The van der Waals surface area contributed by atoms with Gasteiger partial charge in [0.25, 0.3) is 0 Å². The van der Waals surface area contributed by atoms with Gasteiger partial charge in [0.15, 0.2) is 0 Å². The number of aliphatic hydroxyl groups is 1. The Labute approximate surface area is 113 Å². The lowest BCUT2D eigenvalue weighted by molar-refractivity contribution is -0.139. The highest BCUT2D eigenvalue weighted by Crippen LogP contribution is 2.22. The second-order valence-electron chi connectivity index (χ2n) is 3.97. The van der Waals surface area contributed by atoms with E-state index in [-0.39, 0.29) is 6.42 Å². The minimum absolute atomic E-state index is 0.200. The number of nitrogens with zero attached hydrogens (tertiary/aromatic N) is 1. The summed E-state index contributed by atoms with van der Waals surface area (Å²) in [5, 5.41) is 18.0. The SMILES string of the molecule is CN(CCc1ccc(Br)s1)CC(O)CC(=O)O. The first-order valence-electron chi connectivity index (χ1n) is 5.30. The Hall–Kier alpha value is -0.430. The van der Waals surface area contributed by atoms with Crippen LogP contribution in [0, 0.1) is 0 Å². The van der Waals surface area contributed by atoms with Gasteiger partial charge in [-0.25, -0.2) is 0 Å². The largest absolute Gasteiger partial charge is 0.481 e. The smallest absolute Gasteiger partial charge is 0.306 e. The number of carboxylic acid groups (broad SMARTS) is 1. The number of halogens is 1. The number of rotatable bonds is 7. The van der Waals surface area contributed by atoms with Gasteiger partial charge < -0.3 is 15.1 Å². The Balaban J connectivity index is 2.25. The molecule has 0 fully saturated rings. The van der Waals surface area contributed by atoms with E-state index in [0.717, 1.165) is 16.8 Å². The molecule has 96 valence electrons. The maximum absolute atomic E-state index is 10.4. The molecule has 1 aromatic rings. The van der Waals surface area contributed by atoms with Crippen molar-refractivity contribution in [2.75, 3.05) is 20.1 Å². The molecular weight excluding hydrogens is 306 g/mol. The average Bonchev–Trinajstić information content (AvgIpc) is 2.59. The molecule has 0 aromatic carbocycles. The molecule has 0 aliphatic heterocycles. The van der Waals surface area contributed by atoms with Crippen molar-refractivity contribution in [3.05, 3.63) is 20.8 Å². The zero-order valence-corrected chi connectivity index (χ0v) is 12.0. The topological polar surface area (TPSA) is 60.8 Å². The Kier molecular flexibility index (Phi) is 6.11. The Bertz CT molecular complexity index is 369. The molecule has 0 bridgehead atoms. The van der Waals surface area contributed by atoms with Crippen molar-refractivity contribution < 1.29 is 15.0 Å². The van der Waals surface area contributed by atoms with Crippen LogP contribution in [0.1, 0.15) is 11.3 Å². The molecule has 0 saturated carbocycles. The van der Waals surface area contributed by atoms with Crippen LogP contribution in [-0.2, 0) is 11.2 Å². The van der Waals surface area contributed by atoms with E-state index in [9.17, 15) is 9.90 Å². The highest BCUT2D eigenvalue weighted by molar-refractivity contribution is 9.11. The van der Waals surface area contributed by atoms with Crippen LogP contribution in [0.2, 0.25) is 0 Å². The lowest BCUT2D eigenvalue weighted by Crippen LogP contribution is -2.32. The third kappa shape index (κ3) is 6.16. The maximum atomic E-state index is 10.4. The minimum Gasteiger partial charge on any atom is -0.481 e. The van der Waals surface area contributed by atoms with E-state index in [0.29, 0.717) is 6.54 Å². The lowest BCUT2D eigenvalue weighted by Gasteiger charge is -2.19. The summed E-state index contributed by atoms with van der Waals surface area (Å²) in [6.45, 7) is 1.20. The van der Waals surface area contributed by atoms with Crippen molar-refractivity contribution in [3.63, 3.8) is 0 Å². The van der Waals surface area contributed by atoms with E-state index in [4.69, 9.17) is 5.11 Å². The van der Waals surface area contributed by atoms with Crippen LogP contribution in [0.25, 0.3) is 0 Å². The zero-order valence-electron chi connectivity index (χ0n) is 9.60. The number of likely N-dealkylation sites (N-methyl/N-ethyl adjacent to an activating group) is 1. The van der Waals surface area contributed by atoms with Gasteiger partial charge in [0.05, 0.1) is 16.3 Å². The normalized spacial score (nSPS) is 12.9. The van der Waals surface area contributed by atoms with Crippen molar-refractivity contribution in [1.29, 1.82) is 0 Å². The molecule has 1 unspecified atom stereocenters. The molecule has 1 heterocycles.